The summed E-state index contributed by atoms with van der Waals surface area (Å²) in [4.78, 5) is 35.5. The van der Waals surface area contributed by atoms with Gasteiger partial charge in [0.25, 0.3) is 5.91 Å². The second-order valence-corrected chi connectivity index (χ2v) is 8.43. The third-order valence-electron chi connectivity index (χ3n) is 5.94. The summed E-state index contributed by atoms with van der Waals surface area (Å²) in [7, 11) is 0. The van der Waals surface area contributed by atoms with Gasteiger partial charge >= 0.3 is 5.97 Å². The number of aromatic carboxylic acids is 1. The lowest BCUT2D eigenvalue weighted by Crippen LogP contribution is -2.24. The third kappa shape index (κ3) is 3.59. The third-order valence-corrected chi connectivity index (χ3v) is 5.94. The number of fused-ring (bicyclic) bond motifs is 1. The van der Waals surface area contributed by atoms with Gasteiger partial charge in [0, 0.05) is 24.0 Å². The Morgan fingerprint density at radius 3 is 2.59 bits per heavy atom. The number of phenols is 1. The van der Waals surface area contributed by atoms with Crippen molar-refractivity contribution in [3.63, 3.8) is 0 Å². The van der Waals surface area contributed by atoms with Gasteiger partial charge in [-0.25, -0.2) is 14.8 Å². The van der Waals surface area contributed by atoms with Gasteiger partial charge in [0.15, 0.2) is 5.82 Å². The quantitative estimate of drug-likeness (QED) is 0.450. The molecule has 4 aromatic rings. The van der Waals surface area contributed by atoms with Crippen molar-refractivity contribution >= 4 is 17.7 Å². The average Bonchev–Trinajstić information content (AvgIpc) is 3.44. The number of hydrogen-bond donors (Lipinski definition) is 2. The van der Waals surface area contributed by atoms with Crippen LogP contribution < -0.4 is 4.90 Å². The number of aromatic nitrogens is 3. The first-order chi connectivity index (χ1) is 16.3. The molecule has 1 amide bonds. The van der Waals surface area contributed by atoms with Crippen LogP contribution >= 0.6 is 0 Å². The van der Waals surface area contributed by atoms with E-state index in [1.165, 1.54) is 12.1 Å². The molecule has 3 heterocycles. The van der Waals surface area contributed by atoms with E-state index in [9.17, 15) is 19.8 Å². The molecule has 2 aromatic heterocycles. The van der Waals surface area contributed by atoms with Crippen molar-refractivity contribution in [1.29, 1.82) is 0 Å². The van der Waals surface area contributed by atoms with Crippen molar-refractivity contribution in [2.75, 3.05) is 4.90 Å². The lowest BCUT2D eigenvalue weighted by molar-refractivity contribution is 0.0693. The highest BCUT2D eigenvalue weighted by atomic mass is 16.4. The molecule has 2 N–H and O–H groups in total. The molecule has 1 aliphatic heterocycles. The summed E-state index contributed by atoms with van der Waals surface area (Å²) in [5, 5.41) is 19.1. The molecule has 0 bridgehead atoms. The van der Waals surface area contributed by atoms with E-state index in [0.717, 1.165) is 11.4 Å². The first kappa shape index (κ1) is 21.4. The van der Waals surface area contributed by atoms with Crippen molar-refractivity contribution in [2.45, 2.75) is 26.4 Å². The number of nitrogens with zero attached hydrogens (tertiary/aromatic N) is 4. The van der Waals surface area contributed by atoms with Gasteiger partial charge in [-0.15, -0.1) is 0 Å². The summed E-state index contributed by atoms with van der Waals surface area (Å²) in [5.74, 6) is -0.414. The smallest absolute Gasteiger partial charge is 0.339 e. The molecule has 170 valence electrons. The highest BCUT2D eigenvalue weighted by molar-refractivity contribution is 6.10. The maximum absolute atomic E-state index is 13.3. The number of pyridine rings is 1. The average molecular weight is 454 g/mol. The van der Waals surface area contributed by atoms with E-state index in [1.54, 1.807) is 29.3 Å². The van der Waals surface area contributed by atoms with Crippen molar-refractivity contribution in [3.05, 3.63) is 83.7 Å². The molecule has 34 heavy (non-hydrogen) atoms. The van der Waals surface area contributed by atoms with Crippen LogP contribution in [0.1, 0.15) is 46.2 Å². The van der Waals surface area contributed by atoms with Crippen LogP contribution in [-0.4, -0.2) is 36.6 Å². The van der Waals surface area contributed by atoms with Crippen molar-refractivity contribution in [3.8, 4) is 28.4 Å². The number of aromatic hydroxyl groups is 1. The largest absolute Gasteiger partial charge is 0.507 e. The molecule has 0 saturated carbocycles. The van der Waals surface area contributed by atoms with Crippen LogP contribution in [0, 0.1) is 0 Å². The fraction of sp³-hybridized carbons (Fsp3) is 0.154. The van der Waals surface area contributed by atoms with Gasteiger partial charge in [0.05, 0.1) is 6.54 Å². The number of carboxylic acid groups (broad SMARTS) is 1. The maximum atomic E-state index is 13.3. The van der Waals surface area contributed by atoms with Gasteiger partial charge in [-0.3, -0.25) is 9.69 Å². The molecule has 0 radical (unpaired) electrons. The first-order valence-electron chi connectivity index (χ1n) is 10.8. The van der Waals surface area contributed by atoms with E-state index in [-0.39, 0.29) is 23.3 Å². The molecule has 0 atom stereocenters. The Morgan fingerprint density at radius 2 is 1.82 bits per heavy atom. The lowest BCUT2D eigenvalue weighted by Gasteiger charge is -2.16. The number of hydrogen-bond acceptors (Lipinski definition) is 5. The Labute approximate surface area is 195 Å². The van der Waals surface area contributed by atoms with Crippen molar-refractivity contribution in [2.24, 2.45) is 0 Å². The zero-order valence-electron chi connectivity index (χ0n) is 18.6. The molecular formula is C26H22N4O4. The van der Waals surface area contributed by atoms with E-state index in [2.05, 4.69) is 18.8 Å². The van der Waals surface area contributed by atoms with Crippen LogP contribution in [0.2, 0.25) is 0 Å². The van der Waals surface area contributed by atoms with Gasteiger partial charge in [0.2, 0.25) is 0 Å². The standard InChI is InChI=1S/C26H22N4O4/c1-15(2)29-11-10-27-24(29)21-4-3-5-23(28-21)30-14-18-7-6-16(12-19(18)25(30)32)17-8-9-22(31)20(13-17)26(33)34/h3-13,15,31H,14H2,1-2H3,(H,33,34). The molecule has 0 saturated heterocycles. The Morgan fingerprint density at radius 1 is 1.06 bits per heavy atom. The Hall–Kier alpha value is -4.46. The number of benzene rings is 2. The minimum Gasteiger partial charge on any atom is -0.507 e. The minimum atomic E-state index is -1.22. The van der Waals surface area contributed by atoms with Gasteiger partial charge in [-0.05, 0) is 60.9 Å². The summed E-state index contributed by atoms with van der Waals surface area (Å²) < 4.78 is 2.03. The second-order valence-electron chi connectivity index (χ2n) is 8.43. The zero-order chi connectivity index (χ0) is 24.0. The monoisotopic (exact) mass is 454 g/mol. The van der Waals surface area contributed by atoms with Crippen LogP contribution in [0.5, 0.6) is 5.75 Å². The van der Waals surface area contributed by atoms with E-state index in [1.807, 2.05) is 35.0 Å². The predicted molar refractivity (Wildman–Crippen MR) is 127 cm³/mol. The van der Waals surface area contributed by atoms with Crippen molar-refractivity contribution in [1.82, 2.24) is 14.5 Å². The van der Waals surface area contributed by atoms with Crippen LogP contribution in [-0.2, 0) is 6.54 Å². The molecule has 0 fully saturated rings. The fourth-order valence-electron chi connectivity index (χ4n) is 4.18. The second kappa shape index (κ2) is 8.15. The van der Waals surface area contributed by atoms with Gasteiger partial charge in [0.1, 0.15) is 22.8 Å². The van der Waals surface area contributed by atoms with E-state index in [4.69, 9.17) is 4.98 Å². The van der Waals surface area contributed by atoms with Gasteiger partial charge in [-0.2, -0.15) is 0 Å². The fourth-order valence-corrected chi connectivity index (χ4v) is 4.18. The van der Waals surface area contributed by atoms with Crippen LogP contribution in [0.25, 0.3) is 22.6 Å². The highest BCUT2D eigenvalue weighted by Gasteiger charge is 2.30. The number of carboxylic acids is 1. The van der Waals surface area contributed by atoms with Crippen molar-refractivity contribution < 1.29 is 19.8 Å². The van der Waals surface area contributed by atoms with E-state index >= 15 is 0 Å². The van der Waals surface area contributed by atoms with Gasteiger partial charge < -0.3 is 14.8 Å². The maximum Gasteiger partial charge on any atom is 0.339 e. The highest BCUT2D eigenvalue weighted by Crippen LogP contribution is 2.33. The Balaban J connectivity index is 1.48. The SMILES string of the molecule is CC(C)n1ccnc1-c1cccc(N2Cc3ccc(-c4ccc(O)c(C(=O)O)c4)cc3C2=O)n1. The number of rotatable bonds is 5. The molecule has 2 aromatic carbocycles. The number of carbonyl (C=O) groups excluding carboxylic acids is 1. The molecule has 8 heteroatoms. The summed E-state index contributed by atoms with van der Waals surface area (Å²) in [6, 6.07) is 15.6. The number of amides is 1. The van der Waals surface area contributed by atoms with Crippen LogP contribution in [0.3, 0.4) is 0 Å². The summed E-state index contributed by atoms with van der Waals surface area (Å²) in [5.41, 5.74) is 3.19. The van der Waals surface area contributed by atoms with E-state index < -0.39 is 5.97 Å². The molecule has 0 unspecified atom stereocenters. The normalized spacial score (nSPS) is 12.9. The molecule has 5 rings (SSSR count). The number of imidazole rings is 1. The minimum absolute atomic E-state index is 0.175. The Bertz CT molecular complexity index is 1440. The number of anilines is 1. The van der Waals surface area contributed by atoms with Gasteiger partial charge in [-0.1, -0.05) is 24.3 Å². The Kier molecular flexibility index (Phi) is 5.13. The topological polar surface area (TPSA) is 109 Å². The molecule has 8 nitrogen and oxygen atoms in total. The molecular weight excluding hydrogens is 432 g/mol. The first-order valence-corrected chi connectivity index (χ1v) is 10.8. The molecule has 1 aliphatic rings. The molecule has 0 spiro atoms. The molecule has 0 aliphatic carbocycles. The summed E-state index contributed by atoms with van der Waals surface area (Å²) in [6.07, 6.45) is 3.65. The lowest BCUT2D eigenvalue weighted by atomic mass is 9.98. The number of carbonyl (C=O) groups is 2. The summed E-state index contributed by atoms with van der Waals surface area (Å²) >= 11 is 0. The summed E-state index contributed by atoms with van der Waals surface area (Å²) in [6.45, 7) is 4.53. The van der Waals surface area contributed by atoms with Crippen LogP contribution in [0.4, 0.5) is 5.82 Å². The van der Waals surface area contributed by atoms with Crippen LogP contribution in [0.15, 0.2) is 67.0 Å². The zero-order valence-corrected chi connectivity index (χ0v) is 18.6. The van der Waals surface area contributed by atoms with E-state index in [0.29, 0.717) is 34.7 Å². The predicted octanol–water partition coefficient (Wildman–Crippen LogP) is 4.76.